The average Bonchev–Trinajstić information content (AvgIpc) is 0.753. The zero-order chi connectivity index (χ0) is 89.6. The fraction of sp³-hybridized carbons (Fsp3) is 0.924. The standard InChI is InChI=1S/C79H139N3O39/c1-6-8-10-12-14-16-17-18-19-21-22-24-26-28-45(92)44(82-54(97)29-27-25-23-20-15-13-11-9-7-2)39-110-73-62(103)61(102)66(52(37-87)113-73)116-75-64(105)71(121-79(77(108)109)32-47(94)56(81-42(5)91)69(119-79)58(99)49(96)34-84)67(53(38-88)114-75)117-72-43(30-40(3)89)65(59(100)50(35-85)111-72)115-74-63(104)70(60(101)51(36-86)112-74)120-78(76(106)107)31-46(93)55(80-41(4)90)68(118-78)57(98)48(95)33-83/h43-53,55-75,83-88,92-96,98-105H,6-39H2,1-5H3,(H,80,90)(H,81,91)(H,82,97)(H,106,107)(H,108,109)/t43-,44+,45-,46+,47+,48-,49-,50-,51-,52-,53-,55-,56-,57-,58-,59+,60+,61-,62-,63-,64-,65-,66-,67+,68?,69?,70+,71-,72+,73-,74+,75+,78+,79+/m1/s1. The molecule has 121 heavy (non-hydrogen) atoms. The Bertz CT molecular complexity index is 3030. The number of nitrogens with one attached hydrogen (secondary N) is 3. The highest BCUT2D eigenvalue weighted by Crippen LogP contribution is 2.44. The van der Waals surface area contributed by atoms with Crippen LogP contribution in [-0.2, 0) is 85.6 Å². The molecule has 0 aromatic heterocycles. The number of ketones is 1. The van der Waals surface area contributed by atoms with Gasteiger partial charge in [0.15, 0.2) is 25.2 Å². The zero-order valence-electron chi connectivity index (χ0n) is 69.8. The number of ether oxygens (including phenoxy) is 12. The first-order valence-corrected chi connectivity index (χ1v) is 42.8. The quantitative estimate of drug-likeness (QED) is 0.0254. The van der Waals surface area contributed by atoms with E-state index in [2.05, 4.69) is 29.8 Å². The summed E-state index contributed by atoms with van der Waals surface area (Å²) in [6.45, 7) is -0.620. The molecule has 0 saturated carbocycles. The molecule has 6 aliphatic rings. The third kappa shape index (κ3) is 29.7. The van der Waals surface area contributed by atoms with Gasteiger partial charge in [0.05, 0.1) is 88.8 Å². The maximum absolute atomic E-state index is 14.0. The van der Waals surface area contributed by atoms with Crippen molar-refractivity contribution < 1.29 is 193 Å². The van der Waals surface area contributed by atoms with Gasteiger partial charge in [-0.15, -0.1) is 0 Å². The lowest BCUT2D eigenvalue weighted by Gasteiger charge is -2.53. The fourth-order valence-corrected chi connectivity index (χ4v) is 16.4. The van der Waals surface area contributed by atoms with Gasteiger partial charge in [-0.2, -0.15) is 0 Å². The minimum atomic E-state index is -3.48. The second kappa shape index (κ2) is 52.3. The molecule has 3 amide bonds. The molecule has 6 fully saturated rings. The summed E-state index contributed by atoms with van der Waals surface area (Å²) in [5, 5.41) is 245. The van der Waals surface area contributed by atoms with Crippen LogP contribution in [0.4, 0.5) is 0 Å². The number of hydrogen-bond donors (Lipinski definition) is 24. The van der Waals surface area contributed by atoms with E-state index in [0.717, 1.165) is 97.8 Å². The Hall–Kier alpha value is -4.22. The smallest absolute Gasteiger partial charge is 0.364 e. The number of unbranched alkanes of at least 4 members (excludes halogenated alkanes) is 20. The van der Waals surface area contributed by atoms with Crippen molar-refractivity contribution in [3.63, 3.8) is 0 Å². The Morgan fingerprint density at radius 3 is 1.23 bits per heavy atom. The van der Waals surface area contributed by atoms with Crippen molar-refractivity contribution >= 4 is 35.4 Å². The van der Waals surface area contributed by atoms with E-state index in [9.17, 15) is 136 Å². The molecule has 42 heteroatoms. The average molecular weight is 1750 g/mol. The summed E-state index contributed by atoms with van der Waals surface area (Å²) in [4.78, 5) is 79.5. The van der Waals surface area contributed by atoms with Crippen LogP contribution in [0.15, 0.2) is 0 Å². The minimum Gasteiger partial charge on any atom is -0.477 e. The molecule has 0 radical (unpaired) electrons. The molecule has 0 bridgehead atoms. The lowest BCUT2D eigenvalue weighted by atomic mass is 9.86. The van der Waals surface area contributed by atoms with Crippen molar-refractivity contribution in [1.29, 1.82) is 0 Å². The number of carboxylic acids is 2. The van der Waals surface area contributed by atoms with Crippen molar-refractivity contribution in [1.82, 2.24) is 16.0 Å². The van der Waals surface area contributed by atoms with Gasteiger partial charge in [0.25, 0.3) is 11.6 Å². The number of carboxylic acid groups (broad SMARTS) is 2. The topological polar surface area (TPSA) is 674 Å². The molecular weight excluding hydrogens is 1610 g/mol. The van der Waals surface area contributed by atoms with E-state index in [4.69, 9.17) is 56.8 Å². The van der Waals surface area contributed by atoms with Crippen LogP contribution >= 0.6 is 0 Å². The number of hydrogen-bond acceptors (Lipinski definition) is 37. The van der Waals surface area contributed by atoms with Crippen LogP contribution in [0, 0.1) is 5.92 Å². The number of carbonyl (C=O) groups excluding carboxylic acids is 4. The molecule has 34 atom stereocenters. The van der Waals surface area contributed by atoms with E-state index < -0.39 is 308 Å². The van der Waals surface area contributed by atoms with E-state index in [0.29, 0.717) is 12.8 Å². The highest BCUT2D eigenvalue weighted by atomic mass is 16.8. The Balaban J connectivity index is 1.33. The monoisotopic (exact) mass is 1750 g/mol. The third-order valence-corrected chi connectivity index (χ3v) is 23.2. The number of rotatable bonds is 55. The predicted octanol–water partition coefficient (Wildman–Crippen LogP) is -4.89. The number of Topliss-reactive ketones (excluding diaryl/α,β-unsaturated/α-hetero) is 1. The van der Waals surface area contributed by atoms with Gasteiger partial charge in [0.2, 0.25) is 17.7 Å². The summed E-state index contributed by atoms with van der Waals surface area (Å²) >= 11 is 0. The molecule has 704 valence electrons. The van der Waals surface area contributed by atoms with Crippen LogP contribution in [0.2, 0.25) is 0 Å². The van der Waals surface area contributed by atoms with Crippen LogP contribution in [0.3, 0.4) is 0 Å². The van der Waals surface area contributed by atoms with Crippen LogP contribution in [-0.4, -0.2) is 390 Å². The molecule has 6 aliphatic heterocycles. The van der Waals surface area contributed by atoms with Crippen molar-refractivity contribution in [2.45, 2.75) is 409 Å². The Labute approximate surface area is 703 Å². The highest BCUT2D eigenvalue weighted by Gasteiger charge is 2.64. The molecule has 0 aromatic carbocycles. The van der Waals surface area contributed by atoms with Crippen molar-refractivity contribution in [3.05, 3.63) is 0 Å². The van der Waals surface area contributed by atoms with Crippen LogP contribution in [0.25, 0.3) is 0 Å². The summed E-state index contributed by atoms with van der Waals surface area (Å²) < 4.78 is 72.6. The summed E-state index contributed by atoms with van der Waals surface area (Å²) in [7, 11) is 0. The second-order valence-corrected chi connectivity index (χ2v) is 32.8. The van der Waals surface area contributed by atoms with Gasteiger partial charge in [0.1, 0.15) is 128 Å². The van der Waals surface area contributed by atoms with Gasteiger partial charge in [-0.05, 0) is 19.8 Å². The van der Waals surface area contributed by atoms with Crippen LogP contribution < -0.4 is 16.0 Å². The molecule has 2 unspecified atom stereocenters. The van der Waals surface area contributed by atoms with E-state index in [1.54, 1.807) is 0 Å². The van der Waals surface area contributed by atoms with Gasteiger partial charge in [-0.3, -0.25) is 14.4 Å². The number of carbonyl (C=O) groups is 6. The molecule has 0 aromatic rings. The molecule has 6 saturated heterocycles. The van der Waals surface area contributed by atoms with Gasteiger partial charge >= 0.3 is 11.9 Å². The number of aliphatic hydroxyl groups excluding tert-OH is 19. The molecule has 42 nitrogen and oxygen atoms in total. The number of aliphatic hydroxyl groups is 19. The zero-order valence-corrected chi connectivity index (χ0v) is 69.8. The van der Waals surface area contributed by atoms with Gasteiger partial charge in [0, 0.05) is 45.4 Å². The molecule has 0 spiro atoms. The van der Waals surface area contributed by atoms with E-state index in [-0.39, 0.29) is 12.8 Å². The number of amides is 3. The van der Waals surface area contributed by atoms with E-state index in [1.807, 2.05) is 0 Å². The van der Waals surface area contributed by atoms with Crippen molar-refractivity contribution in [2.75, 3.05) is 46.2 Å². The van der Waals surface area contributed by atoms with Gasteiger partial charge in [-0.1, -0.05) is 149 Å². The Morgan fingerprint density at radius 1 is 0.421 bits per heavy atom. The Morgan fingerprint density at radius 2 is 0.802 bits per heavy atom. The summed E-state index contributed by atoms with van der Waals surface area (Å²) in [5.41, 5.74) is 0. The first-order chi connectivity index (χ1) is 57.6. The van der Waals surface area contributed by atoms with E-state index >= 15 is 0 Å². The van der Waals surface area contributed by atoms with Crippen molar-refractivity contribution in [3.8, 4) is 0 Å². The maximum atomic E-state index is 14.0. The SMILES string of the molecule is CCCCCCCCCCCCCCC[C@@H](O)[C@H](CO[C@@H]1O[C@H](CO)[C@@H](O[C@@H]2O[C@H](CO)[C@H](O[C@@H]3O[C@H](CO)[C@H](O)[C@H](O[C@@H]4O[C@H](CO)[C@H](O)[C@H](O[C@]5(C(=O)O)C[C@H](O)[C@@H](NC(C)=O)C([C@H](O)[C@H](O)CO)O5)[C@H]4O)[C@H]3CC(C)=O)[C@H](O[C@]3(C(=O)O)C[C@H](O)[C@@H](NC(C)=O)C([C@H](O)[C@H](O)CO)O3)[C@H]2O)[C@H](O)[C@H]1O)NC(=O)CCCCCCCCCCC. The van der Waals surface area contributed by atoms with Crippen LogP contribution in [0.1, 0.15) is 208 Å². The highest BCUT2D eigenvalue weighted by molar-refractivity contribution is 5.78. The Kier molecular flexibility index (Phi) is 45.6. The first-order valence-electron chi connectivity index (χ1n) is 42.8. The van der Waals surface area contributed by atoms with E-state index in [1.165, 1.54) is 51.4 Å². The molecule has 0 aliphatic carbocycles. The van der Waals surface area contributed by atoms with Crippen molar-refractivity contribution in [2.24, 2.45) is 5.92 Å². The summed E-state index contributed by atoms with van der Waals surface area (Å²) in [6.07, 6.45) is -41.8. The fourth-order valence-electron chi connectivity index (χ4n) is 16.4. The maximum Gasteiger partial charge on any atom is 0.364 e. The van der Waals surface area contributed by atoms with Crippen LogP contribution in [0.5, 0.6) is 0 Å². The van der Waals surface area contributed by atoms with Gasteiger partial charge in [-0.25, -0.2) is 9.59 Å². The third-order valence-electron chi connectivity index (χ3n) is 23.2. The minimum absolute atomic E-state index is 0.120. The summed E-state index contributed by atoms with van der Waals surface area (Å²) in [5.74, 6) is -16.0. The lowest BCUT2D eigenvalue weighted by molar-refractivity contribution is -0.408. The molecule has 6 heterocycles. The predicted molar refractivity (Wildman–Crippen MR) is 413 cm³/mol. The first kappa shape index (κ1) is 106. The van der Waals surface area contributed by atoms with Gasteiger partial charge < -0.3 is 185 Å². The molecular formula is C79H139N3O39. The normalized spacial score (nSPS) is 36.2. The lowest BCUT2D eigenvalue weighted by Crippen LogP contribution is -2.71. The molecule has 24 N–H and O–H groups in total. The number of aliphatic carboxylic acids is 2. The second-order valence-electron chi connectivity index (χ2n) is 32.8. The molecule has 6 rings (SSSR count). The summed E-state index contributed by atoms with van der Waals surface area (Å²) in [6, 6.07) is -4.68. The largest absolute Gasteiger partial charge is 0.477 e.